The first-order valence-electron chi connectivity index (χ1n) is 10.9. The van der Waals surface area contributed by atoms with Crippen LogP contribution in [-0.2, 0) is 5.79 Å². The molecule has 0 saturated carbocycles. The Morgan fingerprint density at radius 1 is 0.667 bits per heavy atom. The SMILES string of the molecule is CC1=C(C)C(C)(C)Nc2c(C)c(C)c3c(c21)C(C)(O)Oc1c(C)c(C)c(C)c(C)c1-3. The van der Waals surface area contributed by atoms with Crippen LogP contribution in [0.3, 0.4) is 0 Å². The first-order valence-corrected chi connectivity index (χ1v) is 10.9. The zero-order valence-electron chi connectivity index (χ0n) is 20.4. The predicted octanol–water partition coefficient (Wildman–Crippen LogP) is 6.76. The number of nitrogens with one attached hydrogen (secondary N) is 1. The van der Waals surface area contributed by atoms with E-state index >= 15 is 0 Å². The molecule has 2 N–H and O–H groups in total. The van der Waals surface area contributed by atoms with Crippen LogP contribution in [0.4, 0.5) is 5.69 Å². The topological polar surface area (TPSA) is 41.5 Å². The molecule has 3 heteroatoms. The average Bonchev–Trinajstić information content (AvgIpc) is 2.66. The first kappa shape index (κ1) is 21.0. The van der Waals surface area contributed by atoms with Crippen LogP contribution in [-0.4, -0.2) is 10.6 Å². The van der Waals surface area contributed by atoms with Crippen molar-refractivity contribution in [1.29, 1.82) is 0 Å². The summed E-state index contributed by atoms with van der Waals surface area (Å²) in [5, 5.41) is 15.4. The summed E-state index contributed by atoms with van der Waals surface area (Å²) in [5.41, 5.74) is 15.0. The highest BCUT2D eigenvalue weighted by molar-refractivity contribution is 5.95. The molecule has 2 aromatic rings. The molecule has 2 aromatic carbocycles. The van der Waals surface area contributed by atoms with E-state index < -0.39 is 5.79 Å². The van der Waals surface area contributed by atoms with Gasteiger partial charge in [0.05, 0.1) is 5.54 Å². The van der Waals surface area contributed by atoms with Crippen molar-refractivity contribution < 1.29 is 9.84 Å². The molecule has 2 heterocycles. The molecule has 2 aliphatic heterocycles. The Hall–Kier alpha value is -2.26. The average molecular weight is 406 g/mol. The maximum Gasteiger partial charge on any atom is 0.233 e. The van der Waals surface area contributed by atoms with Crippen LogP contribution >= 0.6 is 0 Å². The molecular formula is C27H35NO2. The fourth-order valence-corrected chi connectivity index (χ4v) is 5.33. The third-order valence-electron chi connectivity index (χ3n) is 8.02. The van der Waals surface area contributed by atoms with Crippen molar-refractivity contribution in [3.8, 4) is 16.9 Å². The van der Waals surface area contributed by atoms with Gasteiger partial charge in [-0.3, -0.25) is 0 Å². The highest BCUT2D eigenvalue weighted by atomic mass is 16.6. The monoisotopic (exact) mass is 405 g/mol. The molecule has 0 radical (unpaired) electrons. The molecule has 30 heavy (non-hydrogen) atoms. The maximum absolute atomic E-state index is 11.7. The number of hydrogen-bond donors (Lipinski definition) is 2. The van der Waals surface area contributed by atoms with Crippen LogP contribution in [0.1, 0.15) is 79.1 Å². The second-order valence-corrected chi connectivity index (χ2v) is 10.0. The first-order chi connectivity index (χ1) is 13.7. The van der Waals surface area contributed by atoms with Gasteiger partial charge in [0.15, 0.2) is 0 Å². The largest absolute Gasteiger partial charge is 0.458 e. The van der Waals surface area contributed by atoms with Crippen molar-refractivity contribution in [2.24, 2.45) is 0 Å². The lowest BCUT2D eigenvalue weighted by molar-refractivity contribution is -0.131. The van der Waals surface area contributed by atoms with Gasteiger partial charge in [0.1, 0.15) is 5.75 Å². The lowest BCUT2D eigenvalue weighted by Gasteiger charge is -2.44. The Bertz CT molecular complexity index is 1160. The molecule has 0 amide bonds. The molecule has 0 fully saturated rings. The van der Waals surface area contributed by atoms with E-state index in [0.29, 0.717) is 0 Å². The molecule has 2 aliphatic rings. The summed E-state index contributed by atoms with van der Waals surface area (Å²) in [6.07, 6.45) is 0. The Morgan fingerprint density at radius 3 is 1.80 bits per heavy atom. The third-order valence-corrected chi connectivity index (χ3v) is 8.02. The lowest BCUT2D eigenvalue weighted by atomic mass is 9.73. The fraction of sp³-hybridized carbons (Fsp3) is 0.481. The van der Waals surface area contributed by atoms with Crippen LogP contribution in [0.5, 0.6) is 5.75 Å². The van der Waals surface area contributed by atoms with Crippen molar-refractivity contribution in [2.75, 3.05) is 5.32 Å². The summed E-state index contributed by atoms with van der Waals surface area (Å²) >= 11 is 0. The van der Waals surface area contributed by atoms with Crippen molar-refractivity contribution in [2.45, 2.75) is 87.5 Å². The molecule has 0 aromatic heterocycles. The van der Waals surface area contributed by atoms with E-state index in [1.807, 2.05) is 0 Å². The van der Waals surface area contributed by atoms with Crippen LogP contribution in [0.15, 0.2) is 5.57 Å². The van der Waals surface area contributed by atoms with Crippen molar-refractivity contribution in [1.82, 2.24) is 0 Å². The number of allylic oxidation sites excluding steroid dienone is 1. The van der Waals surface area contributed by atoms with Crippen LogP contribution < -0.4 is 10.1 Å². The van der Waals surface area contributed by atoms with Crippen molar-refractivity contribution in [3.05, 3.63) is 50.1 Å². The highest BCUT2D eigenvalue weighted by Crippen LogP contribution is 2.56. The Morgan fingerprint density at radius 2 is 1.20 bits per heavy atom. The van der Waals surface area contributed by atoms with E-state index in [1.54, 1.807) is 6.92 Å². The molecule has 1 atom stereocenters. The quantitative estimate of drug-likeness (QED) is 0.509. The predicted molar refractivity (Wildman–Crippen MR) is 126 cm³/mol. The summed E-state index contributed by atoms with van der Waals surface area (Å²) in [7, 11) is 0. The zero-order chi connectivity index (χ0) is 22.5. The highest BCUT2D eigenvalue weighted by Gasteiger charge is 2.44. The lowest BCUT2D eigenvalue weighted by Crippen LogP contribution is -2.40. The van der Waals surface area contributed by atoms with E-state index in [-0.39, 0.29) is 5.54 Å². The Balaban J connectivity index is 2.26. The van der Waals surface area contributed by atoms with Crippen molar-refractivity contribution in [3.63, 3.8) is 0 Å². The van der Waals surface area contributed by atoms with Crippen LogP contribution in [0.2, 0.25) is 0 Å². The number of benzene rings is 2. The van der Waals surface area contributed by atoms with Gasteiger partial charge in [-0.25, -0.2) is 0 Å². The van der Waals surface area contributed by atoms with E-state index in [4.69, 9.17) is 4.74 Å². The van der Waals surface area contributed by atoms with Crippen molar-refractivity contribution >= 4 is 11.3 Å². The molecule has 160 valence electrons. The number of anilines is 1. The molecule has 1 unspecified atom stereocenters. The second-order valence-electron chi connectivity index (χ2n) is 10.0. The van der Waals surface area contributed by atoms with Crippen LogP contribution in [0.25, 0.3) is 16.7 Å². The minimum atomic E-state index is -1.41. The summed E-state index contributed by atoms with van der Waals surface area (Å²) in [5.74, 6) is -0.591. The number of ether oxygens (including phenoxy) is 1. The molecule has 0 aliphatic carbocycles. The fourth-order valence-electron chi connectivity index (χ4n) is 5.33. The Labute approximate surface area is 181 Å². The zero-order valence-corrected chi connectivity index (χ0v) is 20.4. The molecular weight excluding hydrogens is 370 g/mol. The Kier molecular flexibility index (Phi) is 4.29. The minimum absolute atomic E-state index is 0.137. The van der Waals surface area contributed by atoms with E-state index in [2.05, 4.69) is 74.6 Å². The van der Waals surface area contributed by atoms with Gasteiger partial charge in [-0.05, 0) is 119 Å². The number of rotatable bonds is 0. The van der Waals surface area contributed by atoms with E-state index in [1.165, 1.54) is 39.0 Å². The number of fused-ring (bicyclic) bond motifs is 5. The normalized spacial score (nSPS) is 21.5. The molecule has 0 spiro atoms. The number of aliphatic hydroxyl groups is 1. The van der Waals surface area contributed by atoms with Gasteiger partial charge in [-0.1, -0.05) is 0 Å². The minimum Gasteiger partial charge on any atom is -0.458 e. The molecule has 0 saturated heterocycles. The summed E-state index contributed by atoms with van der Waals surface area (Å²) < 4.78 is 6.39. The van der Waals surface area contributed by atoms with Gasteiger partial charge in [0.25, 0.3) is 0 Å². The van der Waals surface area contributed by atoms with E-state index in [9.17, 15) is 5.11 Å². The molecule has 4 rings (SSSR count). The van der Waals surface area contributed by atoms with Gasteiger partial charge in [-0.15, -0.1) is 0 Å². The van der Waals surface area contributed by atoms with Crippen LogP contribution in [0, 0.1) is 41.5 Å². The van der Waals surface area contributed by atoms with Gasteiger partial charge in [-0.2, -0.15) is 0 Å². The van der Waals surface area contributed by atoms with Gasteiger partial charge >= 0.3 is 0 Å². The summed E-state index contributed by atoms with van der Waals surface area (Å²) in [4.78, 5) is 0. The summed E-state index contributed by atoms with van der Waals surface area (Å²) in [6.45, 7) is 23.5. The molecule has 3 nitrogen and oxygen atoms in total. The second kappa shape index (κ2) is 6.13. The van der Waals surface area contributed by atoms with Gasteiger partial charge < -0.3 is 15.2 Å². The third kappa shape index (κ3) is 2.48. The van der Waals surface area contributed by atoms with E-state index in [0.717, 1.165) is 39.3 Å². The molecule has 0 bridgehead atoms. The maximum atomic E-state index is 11.7. The number of hydrogen-bond acceptors (Lipinski definition) is 3. The standard InChI is InChI=1S/C27H35NO2/c1-12-13(2)17(6)25-21(14(12)3)20-15(4)16(5)24-22(23(20)27(11,29)30-25)18(7)19(8)26(9,10)28-24/h28-29H,1-11H3. The van der Waals surface area contributed by atoms with Gasteiger partial charge in [0, 0.05) is 29.3 Å². The summed E-state index contributed by atoms with van der Waals surface area (Å²) in [6, 6.07) is 0. The smallest absolute Gasteiger partial charge is 0.233 e. The van der Waals surface area contributed by atoms with Gasteiger partial charge in [0.2, 0.25) is 5.79 Å².